The summed E-state index contributed by atoms with van der Waals surface area (Å²) in [4.78, 5) is 25.2. The number of hydrogen-bond donors (Lipinski definition) is 2. The zero-order valence-electron chi connectivity index (χ0n) is 19.4. The second-order valence-corrected chi connectivity index (χ2v) is 8.11. The molecule has 1 aliphatic carbocycles. The number of amides is 1. The normalized spacial score (nSPS) is 19.2. The highest BCUT2D eigenvalue weighted by atomic mass is 16.5. The third-order valence-corrected chi connectivity index (χ3v) is 5.99. The van der Waals surface area contributed by atoms with E-state index in [4.69, 9.17) is 24.4 Å². The summed E-state index contributed by atoms with van der Waals surface area (Å²) in [5.41, 5.74) is 1.61. The van der Waals surface area contributed by atoms with Gasteiger partial charge in [-0.3, -0.25) is 15.0 Å². The van der Waals surface area contributed by atoms with Crippen molar-refractivity contribution < 1.29 is 28.5 Å². The number of para-hydroxylation sites is 2. The summed E-state index contributed by atoms with van der Waals surface area (Å²) >= 11 is 0. The Morgan fingerprint density at radius 3 is 2.66 bits per heavy atom. The average Bonchev–Trinajstić information content (AvgIpc) is 2.87. The number of benzene rings is 2. The molecule has 0 bridgehead atoms. The minimum Gasteiger partial charge on any atom is -0.495 e. The fraction of sp³-hybridized carbons (Fsp3) is 0.308. The molecule has 4 rings (SSSR count). The van der Waals surface area contributed by atoms with Crippen LogP contribution in [0.2, 0.25) is 0 Å². The molecule has 1 aliphatic heterocycles. The van der Waals surface area contributed by atoms with Crippen molar-refractivity contribution in [1.82, 2.24) is 0 Å². The first-order valence-corrected chi connectivity index (χ1v) is 11.1. The van der Waals surface area contributed by atoms with E-state index >= 15 is 0 Å². The van der Waals surface area contributed by atoms with E-state index in [9.17, 15) is 14.9 Å². The summed E-state index contributed by atoms with van der Waals surface area (Å²) in [7, 11) is 2.98. The summed E-state index contributed by atoms with van der Waals surface area (Å²) in [5.74, 6) is -0.531. The van der Waals surface area contributed by atoms with Crippen LogP contribution < -0.4 is 19.5 Å². The molecule has 1 amide bonds. The van der Waals surface area contributed by atoms with Gasteiger partial charge in [0.1, 0.15) is 17.4 Å². The predicted octanol–water partition coefficient (Wildman–Crippen LogP) is 3.96. The topological polar surface area (TPSA) is 131 Å². The molecule has 2 aromatic carbocycles. The predicted molar refractivity (Wildman–Crippen MR) is 127 cm³/mol. The summed E-state index contributed by atoms with van der Waals surface area (Å²) < 4.78 is 21.9. The maximum Gasteiger partial charge on any atom is 0.262 e. The Bertz CT molecular complexity index is 1250. The maximum absolute atomic E-state index is 12.7. The molecular formula is C26H25N3O6. The molecule has 180 valence electrons. The van der Waals surface area contributed by atoms with Crippen molar-refractivity contribution in [2.45, 2.75) is 25.2 Å². The third kappa shape index (κ3) is 4.82. The number of carbonyl (C=O) groups excluding carboxylic acids is 2. The molecule has 2 N–H and O–H groups in total. The number of nitrogens with one attached hydrogen (secondary N) is 2. The van der Waals surface area contributed by atoms with E-state index in [2.05, 4.69) is 11.4 Å². The van der Waals surface area contributed by atoms with Gasteiger partial charge in [-0.05, 0) is 36.2 Å². The molecule has 0 spiro atoms. The maximum atomic E-state index is 12.7. The first-order chi connectivity index (χ1) is 17.0. The van der Waals surface area contributed by atoms with Gasteiger partial charge in [0.25, 0.3) is 5.91 Å². The van der Waals surface area contributed by atoms with Gasteiger partial charge < -0.3 is 24.3 Å². The van der Waals surface area contributed by atoms with Crippen LogP contribution in [0, 0.1) is 22.7 Å². The van der Waals surface area contributed by atoms with E-state index < -0.39 is 11.8 Å². The number of carbonyl (C=O) groups is 2. The number of nitrogens with zero attached hydrogens (tertiary/aromatic N) is 1. The smallest absolute Gasteiger partial charge is 0.262 e. The summed E-state index contributed by atoms with van der Waals surface area (Å²) in [5, 5.41) is 20.7. The number of Topliss-reactive ketones (excluding diaryl/α,β-unsaturated/α-hetero) is 1. The molecule has 2 aliphatic rings. The van der Waals surface area contributed by atoms with Crippen molar-refractivity contribution in [3.8, 4) is 23.3 Å². The Morgan fingerprint density at radius 1 is 1.14 bits per heavy atom. The van der Waals surface area contributed by atoms with Crippen LogP contribution in [0.3, 0.4) is 0 Å². The molecular weight excluding hydrogens is 450 g/mol. The number of anilines is 1. The highest BCUT2D eigenvalue weighted by Crippen LogP contribution is 2.45. The van der Waals surface area contributed by atoms with Gasteiger partial charge in [0.15, 0.2) is 23.9 Å². The zero-order valence-corrected chi connectivity index (χ0v) is 19.4. The van der Waals surface area contributed by atoms with Crippen LogP contribution >= 0.6 is 0 Å². The van der Waals surface area contributed by atoms with E-state index in [1.165, 1.54) is 14.2 Å². The van der Waals surface area contributed by atoms with E-state index in [-0.39, 0.29) is 24.2 Å². The van der Waals surface area contributed by atoms with Crippen molar-refractivity contribution in [3.05, 3.63) is 59.4 Å². The summed E-state index contributed by atoms with van der Waals surface area (Å²) in [6.45, 7) is -0.274. The first kappa shape index (κ1) is 23.8. The lowest BCUT2D eigenvalue weighted by Gasteiger charge is -2.34. The van der Waals surface area contributed by atoms with E-state index in [1.807, 2.05) is 0 Å². The summed E-state index contributed by atoms with van der Waals surface area (Å²) in [6, 6.07) is 14.2. The van der Waals surface area contributed by atoms with Crippen molar-refractivity contribution in [1.29, 1.82) is 10.7 Å². The number of ketones is 1. The van der Waals surface area contributed by atoms with Gasteiger partial charge in [-0.15, -0.1) is 0 Å². The number of hydrogen-bond acceptors (Lipinski definition) is 8. The Balaban J connectivity index is 1.56. The molecule has 0 fully saturated rings. The largest absolute Gasteiger partial charge is 0.495 e. The fourth-order valence-corrected chi connectivity index (χ4v) is 4.37. The lowest BCUT2D eigenvalue weighted by Crippen LogP contribution is -2.34. The van der Waals surface area contributed by atoms with E-state index in [0.717, 1.165) is 0 Å². The fourth-order valence-electron chi connectivity index (χ4n) is 4.37. The number of allylic oxidation sites excluding steroid dienone is 2. The second kappa shape index (κ2) is 10.3. The third-order valence-electron chi connectivity index (χ3n) is 5.99. The number of rotatable bonds is 7. The Hall–Kier alpha value is -4.32. The highest BCUT2D eigenvalue weighted by Gasteiger charge is 2.42. The minimum atomic E-state index is -0.932. The van der Waals surface area contributed by atoms with Crippen LogP contribution in [0.15, 0.2) is 53.8 Å². The number of ether oxygens (including phenoxy) is 4. The monoisotopic (exact) mass is 475 g/mol. The van der Waals surface area contributed by atoms with Crippen LogP contribution in [0.1, 0.15) is 30.7 Å². The highest BCUT2D eigenvalue weighted by molar-refractivity contribution is 6.01. The molecule has 9 heteroatoms. The average molecular weight is 476 g/mol. The molecule has 2 unspecified atom stereocenters. The van der Waals surface area contributed by atoms with Gasteiger partial charge in [0.2, 0.25) is 5.90 Å². The van der Waals surface area contributed by atoms with Crippen LogP contribution in [0.25, 0.3) is 0 Å². The van der Waals surface area contributed by atoms with Crippen LogP contribution in [-0.4, -0.2) is 38.4 Å². The van der Waals surface area contributed by atoms with Crippen LogP contribution in [-0.2, 0) is 14.3 Å². The first-order valence-electron chi connectivity index (χ1n) is 11.1. The SMILES string of the molecule is COc1ccccc1NC(=O)COc1ccc(C2C3=C(CCCC3=O)OC(=N)C2C#N)cc1OC. The lowest BCUT2D eigenvalue weighted by atomic mass is 9.74. The van der Waals surface area contributed by atoms with Crippen molar-refractivity contribution in [2.24, 2.45) is 5.92 Å². The zero-order chi connectivity index (χ0) is 24.9. The second-order valence-electron chi connectivity index (χ2n) is 8.11. The molecule has 9 nitrogen and oxygen atoms in total. The Kier molecular flexibility index (Phi) is 7.01. The molecule has 2 aromatic rings. The lowest BCUT2D eigenvalue weighted by molar-refractivity contribution is -0.118. The molecule has 1 heterocycles. The van der Waals surface area contributed by atoms with Gasteiger partial charge in [0, 0.05) is 24.3 Å². The standard InChI is InChI=1S/C26H25N3O6/c1-32-19-8-4-3-6-17(19)29-23(31)14-34-20-11-10-15(12-22(20)33-2)24-16(13-27)26(28)35-21-9-5-7-18(30)25(21)24/h3-4,6,8,10-12,16,24,28H,5,7,9,14H2,1-2H3,(H,29,31). The van der Waals surface area contributed by atoms with Crippen molar-refractivity contribution in [3.63, 3.8) is 0 Å². The van der Waals surface area contributed by atoms with Gasteiger partial charge in [0.05, 0.1) is 26.0 Å². The van der Waals surface area contributed by atoms with Gasteiger partial charge in [-0.25, -0.2) is 0 Å². The minimum absolute atomic E-state index is 0.0729. The van der Waals surface area contributed by atoms with Crippen LogP contribution in [0.5, 0.6) is 17.2 Å². The molecule has 2 atom stereocenters. The Morgan fingerprint density at radius 2 is 1.91 bits per heavy atom. The number of nitriles is 1. The molecule has 0 radical (unpaired) electrons. The van der Waals surface area contributed by atoms with Gasteiger partial charge in [-0.1, -0.05) is 18.2 Å². The van der Waals surface area contributed by atoms with Gasteiger partial charge in [-0.2, -0.15) is 5.26 Å². The van der Waals surface area contributed by atoms with Crippen molar-refractivity contribution >= 4 is 23.3 Å². The molecule has 0 saturated heterocycles. The van der Waals surface area contributed by atoms with E-state index in [1.54, 1.807) is 42.5 Å². The van der Waals surface area contributed by atoms with Crippen LogP contribution in [0.4, 0.5) is 5.69 Å². The number of methoxy groups -OCH3 is 2. The molecule has 0 aromatic heterocycles. The Labute approximate surface area is 202 Å². The molecule has 0 saturated carbocycles. The quantitative estimate of drug-likeness (QED) is 0.620. The van der Waals surface area contributed by atoms with Gasteiger partial charge >= 0.3 is 0 Å². The summed E-state index contributed by atoms with van der Waals surface area (Å²) in [6.07, 6.45) is 1.59. The van der Waals surface area contributed by atoms with E-state index in [0.29, 0.717) is 59.1 Å². The molecule has 35 heavy (non-hydrogen) atoms. The van der Waals surface area contributed by atoms with Crippen molar-refractivity contribution in [2.75, 3.05) is 26.1 Å².